The van der Waals surface area contributed by atoms with Gasteiger partial charge < -0.3 is 10.2 Å². The summed E-state index contributed by atoms with van der Waals surface area (Å²) in [5.74, 6) is -0.0250. The van der Waals surface area contributed by atoms with Crippen LogP contribution in [0.3, 0.4) is 0 Å². The second-order valence-electron chi connectivity index (χ2n) is 4.05. The first kappa shape index (κ1) is 14.3. The molecular weight excluding hydrogens is 224 g/mol. The summed E-state index contributed by atoms with van der Waals surface area (Å²) in [6, 6.07) is 7.73. The summed E-state index contributed by atoms with van der Waals surface area (Å²) in [6.45, 7) is 10.5. The average molecular weight is 246 g/mol. The highest BCUT2D eigenvalue weighted by atomic mass is 16.1. The van der Waals surface area contributed by atoms with E-state index >= 15 is 0 Å². The maximum atomic E-state index is 11.8. The SMILES string of the molecule is C=CCCNC(=O)c1ccc(N(CC)CC)cc1. The van der Waals surface area contributed by atoms with Crippen molar-refractivity contribution in [3.05, 3.63) is 42.5 Å². The van der Waals surface area contributed by atoms with Gasteiger partial charge in [0.25, 0.3) is 5.91 Å². The molecule has 1 aromatic carbocycles. The van der Waals surface area contributed by atoms with Crippen LogP contribution < -0.4 is 10.2 Å². The van der Waals surface area contributed by atoms with E-state index in [-0.39, 0.29) is 5.91 Å². The minimum Gasteiger partial charge on any atom is -0.372 e. The van der Waals surface area contributed by atoms with E-state index < -0.39 is 0 Å². The predicted molar refractivity (Wildman–Crippen MR) is 77.2 cm³/mol. The topological polar surface area (TPSA) is 32.3 Å². The van der Waals surface area contributed by atoms with Crippen LogP contribution in [0, 0.1) is 0 Å². The molecule has 98 valence electrons. The Bertz CT molecular complexity index is 380. The molecule has 0 aliphatic carbocycles. The number of rotatable bonds is 7. The van der Waals surface area contributed by atoms with E-state index in [0.717, 1.165) is 25.2 Å². The Hall–Kier alpha value is -1.77. The van der Waals surface area contributed by atoms with E-state index in [0.29, 0.717) is 12.1 Å². The number of carbonyl (C=O) groups excluding carboxylic acids is 1. The Balaban J connectivity index is 2.64. The van der Waals surface area contributed by atoms with Gasteiger partial charge in [0, 0.05) is 30.9 Å². The number of hydrogen-bond donors (Lipinski definition) is 1. The summed E-state index contributed by atoms with van der Waals surface area (Å²) in [6.07, 6.45) is 2.59. The van der Waals surface area contributed by atoms with Gasteiger partial charge in [-0.15, -0.1) is 6.58 Å². The molecule has 0 spiro atoms. The summed E-state index contributed by atoms with van der Waals surface area (Å²) in [7, 11) is 0. The fourth-order valence-corrected chi connectivity index (χ4v) is 1.80. The van der Waals surface area contributed by atoms with Crippen LogP contribution in [0.4, 0.5) is 5.69 Å². The summed E-state index contributed by atoms with van der Waals surface area (Å²) < 4.78 is 0. The lowest BCUT2D eigenvalue weighted by molar-refractivity contribution is 0.0954. The van der Waals surface area contributed by atoms with Gasteiger partial charge >= 0.3 is 0 Å². The molecule has 1 rings (SSSR count). The zero-order chi connectivity index (χ0) is 13.4. The summed E-state index contributed by atoms with van der Waals surface area (Å²) in [5, 5.41) is 2.85. The largest absolute Gasteiger partial charge is 0.372 e. The molecule has 18 heavy (non-hydrogen) atoms. The highest BCUT2D eigenvalue weighted by Gasteiger charge is 2.06. The van der Waals surface area contributed by atoms with Crippen LogP contribution in [0.2, 0.25) is 0 Å². The summed E-state index contributed by atoms with van der Waals surface area (Å²) in [4.78, 5) is 14.0. The molecule has 0 aliphatic rings. The minimum absolute atomic E-state index is 0.0250. The molecule has 3 heteroatoms. The molecule has 0 atom stereocenters. The molecule has 1 N–H and O–H groups in total. The predicted octanol–water partition coefficient (Wildman–Crippen LogP) is 2.84. The van der Waals surface area contributed by atoms with E-state index in [1.54, 1.807) is 6.08 Å². The van der Waals surface area contributed by atoms with Gasteiger partial charge in [-0.1, -0.05) is 6.08 Å². The second-order valence-corrected chi connectivity index (χ2v) is 4.05. The van der Waals surface area contributed by atoms with Gasteiger partial charge in [-0.3, -0.25) is 4.79 Å². The van der Waals surface area contributed by atoms with Crippen LogP contribution in [0.25, 0.3) is 0 Å². The zero-order valence-electron chi connectivity index (χ0n) is 11.3. The number of anilines is 1. The summed E-state index contributed by atoms with van der Waals surface area (Å²) in [5.41, 5.74) is 1.86. The zero-order valence-corrected chi connectivity index (χ0v) is 11.3. The van der Waals surface area contributed by atoms with E-state index in [4.69, 9.17) is 0 Å². The van der Waals surface area contributed by atoms with Crippen molar-refractivity contribution in [1.29, 1.82) is 0 Å². The highest BCUT2D eigenvalue weighted by Crippen LogP contribution is 2.14. The van der Waals surface area contributed by atoms with E-state index in [2.05, 4.69) is 30.6 Å². The quantitative estimate of drug-likeness (QED) is 0.592. The van der Waals surface area contributed by atoms with Gasteiger partial charge in [0.05, 0.1) is 0 Å². The fourth-order valence-electron chi connectivity index (χ4n) is 1.80. The molecule has 0 unspecified atom stereocenters. The van der Waals surface area contributed by atoms with Gasteiger partial charge in [-0.2, -0.15) is 0 Å². The molecule has 0 saturated carbocycles. The number of benzene rings is 1. The lowest BCUT2D eigenvalue weighted by atomic mass is 10.2. The van der Waals surface area contributed by atoms with Gasteiger partial charge in [0.15, 0.2) is 0 Å². The van der Waals surface area contributed by atoms with Crippen molar-refractivity contribution in [2.45, 2.75) is 20.3 Å². The lowest BCUT2D eigenvalue weighted by Gasteiger charge is -2.21. The van der Waals surface area contributed by atoms with E-state index in [9.17, 15) is 4.79 Å². The van der Waals surface area contributed by atoms with E-state index in [1.165, 1.54) is 0 Å². The summed E-state index contributed by atoms with van der Waals surface area (Å²) >= 11 is 0. The third-order valence-corrected chi connectivity index (χ3v) is 2.89. The highest BCUT2D eigenvalue weighted by molar-refractivity contribution is 5.94. The molecule has 0 aromatic heterocycles. The molecule has 0 fully saturated rings. The molecule has 0 saturated heterocycles. The molecule has 1 amide bonds. The third kappa shape index (κ3) is 3.91. The Labute approximate surface area is 109 Å². The number of amides is 1. The molecule has 0 bridgehead atoms. The Morgan fingerprint density at radius 1 is 1.28 bits per heavy atom. The normalized spacial score (nSPS) is 9.89. The van der Waals surface area contributed by atoms with Crippen LogP contribution in [-0.2, 0) is 0 Å². The first-order valence-electron chi connectivity index (χ1n) is 6.47. The van der Waals surface area contributed by atoms with E-state index in [1.807, 2.05) is 24.3 Å². The first-order valence-corrected chi connectivity index (χ1v) is 6.47. The maximum Gasteiger partial charge on any atom is 0.251 e. The maximum absolute atomic E-state index is 11.8. The van der Waals surface area contributed by atoms with Gasteiger partial charge in [0.1, 0.15) is 0 Å². The molecule has 0 radical (unpaired) electrons. The monoisotopic (exact) mass is 246 g/mol. The van der Waals surface area contributed by atoms with Crippen LogP contribution in [0.1, 0.15) is 30.6 Å². The number of carbonyl (C=O) groups is 1. The molecule has 3 nitrogen and oxygen atoms in total. The molecule has 0 aliphatic heterocycles. The van der Waals surface area contributed by atoms with Crippen molar-refractivity contribution in [2.75, 3.05) is 24.5 Å². The Morgan fingerprint density at radius 2 is 1.89 bits per heavy atom. The third-order valence-electron chi connectivity index (χ3n) is 2.89. The minimum atomic E-state index is -0.0250. The van der Waals surface area contributed by atoms with Crippen LogP contribution in [-0.4, -0.2) is 25.5 Å². The molecular formula is C15H22N2O. The number of nitrogens with zero attached hydrogens (tertiary/aromatic N) is 1. The molecule has 0 heterocycles. The van der Waals surface area contributed by atoms with Gasteiger partial charge in [-0.05, 0) is 44.5 Å². The van der Waals surface area contributed by atoms with Crippen molar-refractivity contribution < 1.29 is 4.79 Å². The standard InChI is InChI=1S/C15H22N2O/c1-4-7-12-16-15(18)13-8-10-14(11-9-13)17(5-2)6-3/h4,8-11H,1,5-7,12H2,2-3H3,(H,16,18). The number of hydrogen-bond acceptors (Lipinski definition) is 2. The van der Waals surface area contributed by atoms with Crippen molar-refractivity contribution in [2.24, 2.45) is 0 Å². The van der Waals surface area contributed by atoms with Crippen LogP contribution >= 0.6 is 0 Å². The van der Waals surface area contributed by atoms with Crippen molar-refractivity contribution in [3.63, 3.8) is 0 Å². The van der Waals surface area contributed by atoms with Crippen LogP contribution in [0.5, 0.6) is 0 Å². The fraction of sp³-hybridized carbons (Fsp3) is 0.400. The first-order chi connectivity index (χ1) is 8.72. The van der Waals surface area contributed by atoms with Gasteiger partial charge in [-0.25, -0.2) is 0 Å². The van der Waals surface area contributed by atoms with Crippen molar-refractivity contribution in [3.8, 4) is 0 Å². The number of nitrogens with one attached hydrogen (secondary N) is 1. The van der Waals surface area contributed by atoms with Gasteiger partial charge in [0.2, 0.25) is 0 Å². The smallest absolute Gasteiger partial charge is 0.251 e. The van der Waals surface area contributed by atoms with Crippen molar-refractivity contribution in [1.82, 2.24) is 5.32 Å². The average Bonchev–Trinajstić information content (AvgIpc) is 2.41. The Morgan fingerprint density at radius 3 is 2.39 bits per heavy atom. The molecule has 1 aromatic rings. The Kier molecular flexibility index (Phi) is 5.98. The second kappa shape index (κ2) is 7.54. The van der Waals surface area contributed by atoms with Crippen LogP contribution in [0.15, 0.2) is 36.9 Å². The van der Waals surface area contributed by atoms with Crippen molar-refractivity contribution >= 4 is 11.6 Å². The lowest BCUT2D eigenvalue weighted by Crippen LogP contribution is -2.24.